The molecule has 2 aromatic carbocycles. The molecule has 0 atom stereocenters. The fourth-order valence-corrected chi connectivity index (χ4v) is 2.32. The highest BCUT2D eigenvalue weighted by Crippen LogP contribution is 2.33. The van der Waals surface area contributed by atoms with E-state index >= 15 is 0 Å². The monoisotopic (exact) mass is 392 g/mol. The molecular weight excluding hydrogens is 371 g/mol. The third kappa shape index (κ3) is 5.83. The molecule has 1 N–H and O–H groups in total. The summed E-state index contributed by atoms with van der Waals surface area (Å²) in [5.74, 6) is -0.139. The summed E-state index contributed by atoms with van der Waals surface area (Å²) in [7, 11) is 1.39. The van der Waals surface area contributed by atoms with Crippen LogP contribution in [0.2, 0.25) is 0 Å². The maximum absolute atomic E-state index is 14.2. The topological polar surface area (TPSA) is 99.9 Å². The molecule has 1 amide bonds. The number of non-ortho nitro benzene ring substituents is 1. The lowest BCUT2D eigenvalue weighted by molar-refractivity contribution is -0.384. The molecule has 0 aliphatic heterocycles. The minimum atomic E-state index is -0.949. The number of rotatable bonds is 9. The molecule has 28 heavy (non-hydrogen) atoms. The molecule has 0 unspecified atom stereocenters. The van der Waals surface area contributed by atoms with Crippen LogP contribution in [0.15, 0.2) is 36.4 Å². The van der Waals surface area contributed by atoms with Crippen LogP contribution in [0, 0.1) is 15.9 Å². The Bertz CT molecular complexity index is 826. The summed E-state index contributed by atoms with van der Waals surface area (Å²) in [4.78, 5) is 22.1. The summed E-state index contributed by atoms with van der Waals surface area (Å²) < 4.78 is 29.9. The molecule has 9 heteroatoms. The van der Waals surface area contributed by atoms with Crippen molar-refractivity contribution in [1.82, 2.24) is 0 Å². The Hall–Kier alpha value is -3.36. The number of hydrogen-bond acceptors (Lipinski definition) is 6. The number of hydrogen-bond donors (Lipinski definition) is 1. The number of methoxy groups -OCH3 is 1. The molecule has 0 fully saturated rings. The Kier molecular flexibility index (Phi) is 7.55. The average Bonchev–Trinajstić information content (AvgIpc) is 2.67. The van der Waals surface area contributed by atoms with Crippen LogP contribution in [-0.4, -0.2) is 24.7 Å². The Balaban J connectivity index is 2.06. The fourth-order valence-electron chi connectivity index (χ4n) is 2.32. The van der Waals surface area contributed by atoms with Crippen molar-refractivity contribution in [2.24, 2.45) is 0 Å². The first kappa shape index (κ1) is 20.9. The van der Waals surface area contributed by atoms with E-state index in [1.54, 1.807) is 0 Å². The highest BCUT2D eigenvalue weighted by molar-refractivity contribution is 5.87. The predicted octanol–water partition coefficient (Wildman–Crippen LogP) is 4.92. The van der Waals surface area contributed by atoms with Gasteiger partial charge in [-0.05, 0) is 18.6 Å². The first-order valence-corrected chi connectivity index (χ1v) is 8.68. The lowest BCUT2D eigenvalue weighted by Crippen LogP contribution is -2.17. The number of amides is 1. The van der Waals surface area contributed by atoms with Crippen LogP contribution >= 0.6 is 0 Å². The van der Waals surface area contributed by atoms with E-state index in [1.165, 1.54) is 37.4 Å². The van der Waals surface area contributed by atoms with Gasteiger partial charge in [-0.25, -0.2) is 9.18 Å². The number of benzene rings is 2. The van der Waals surface area contributed by atoms with Crippen LogP contribution in [0.3, 0.4) is 0 Å². The number of nitro groups is 1. The number of nitrogens with one attached hydrogen (secondary N) is 1. The van der Waals surface area contributed by atoms with Gasteiger partial charge in [0.15, 0.2) is 17.3 Å². The molecule has 0 aliphatic rings. The smallest absolute Gasteiger partial charge is 0.417 e. The molecular formula is C19H21FN2O6. The van der Waals surface area contributed by atoms with Crippen LogP contribution in [0.4, 0.5) is 20.6 Å². The number of unbranched alkanes of at least 4 members (excludes halogenated alkanes) is 2. The van der Waals surface area contributed by atoms with Crippen molar-refractivity contribution in [3.05, 3.63) is 52.3 Å². The maximum atomic E-state index is 14.2. The molecule has 0 aliphatic carbocycles. The van der Waals surface area contributed by atoms with Crippen molar-refractivity contribution < 1.29 is 28.3 Å². The van der Waals surface area contributed by atoms with Crippen LogP contribution in [0.5, 0.6) is 17.2 Å². The highest BCUT2D eigenvalue weighted by atomic mass is 19.1. The van der Waals surface area contributed by atoms with Gasteiger partial charge in [0.25, 0.3) is 5.69 Å². The summed E-state index contributed by atoms with van der Waals surface area (Å²) in [6.07, 6.45) is 1.92. The second kappa shape index (κ2) is 10.1. The summed E-state index contributed by atoms with van der Waals surface area (Å²) in [5, 5.41) is 12.9. The summed E-state index contributed by atoms with van der Waals surface area (Å²) in [6.45, 7) is 2.50. The van der Waals surface area contributed by atoms with Gasteiger partial charge in [-0.3, -0.25) is 15.4 Å². The van der Waals surface area contributed by atoms with Crippen LogP contribution < -0.4 is 19.5 Å². The fraction of sp³-hybridized carbons (Fsp3) is 0.316. The summed E-state index contributed by atoms with van der Waals surface area (Å²) in [6, 6.07) is 7.35. The van der Waals surface area contributed by atoms with E-state index in [1.807, 2.05) is 0 Å². The van der Waals surface area contributed by atoms with Gasteiger partial charge in [0.05, 0.1) is 24.3 Å². The molecule has 0 saturated heterocycles. The minimum absolute atomic E-state index is 0.0769. The maximum Gasteiger partial charge on any atom is 0.417 e. The molecule has 0 aromatic heterocycles. The third-order valence-corrected chi connectivity index (χ3v) is 3.75. The zero-order valence-electron chi connectivity index (χ0n) is 15.6. The van der Waals surface area contributed by atoms with E-state index in [0.717, 1.165) is 25.3 Å². The van der Waals surface area contributed by atoms with E-state index in [0.29, 0.717) is 12.4 Å². The lowest BCUT2D eigenvalue weighted by Gasteiger charge is -2.14. The van der Waals surface area contributed by atoms with Gasteiger partial charge < -0.3 is 14.2 Å². The molecule has 0 bridgehead atoms. The van der Waals surface area contributed by atoms with Gasteiger partial charge in [-0.15, -0.1) is 0 Å². The largest absolute Gasteiger partial charge is 0.493 e. The van der Waals surface area contributed by atoms with E-state index in [2.05, 4.69) is 12.2 Å². The average molecular weight is 392 g/mol. The van der Waals surface area contributed by atoms with Crippen molar-refractivity contribution in [3.63, 3.8) is 0 Å². The summed E-state index contributed by atoms with van der Waals surface area (Å²) in [5.41, 5.74) is -0.281. The number of carbonyl (C=O) groups is 1. The zero-order chi connectivity index (χ0) is 20.5. The molecule has 0 spiro atoms. The van der Waals surface area contributed by atoms with Gasteiger partial charge in [-0.2, -0.15) is 0 Å². The molecule has 0 saturated carbocycles. The van der Waals surface area contributed by atoms with E-state index < -0.39 is 16.8 Å². The minimum Gasteiger partial charge on any atom is -0.493 e. The van der Waals surface area contributed by atoms with E-state index in [4.69, 9.17) is 14.2 Å². The number of carbonyl (C=O) groups excluding carboxylic acids is 1. The Morgan fingerprint density at radius 1 is 1.18 bits per heavy atom. The van der Waals surface area contributed by atoms with Gasteiger partial charge in [-0.1, -0.05) is 19.8 Å². The van der Waals surface area contributed by atoms with Gasteiger partial charge >= 0.3 is 6.09 Å². The molecule has 8 nitrogen and oxygen atoms in total. The van der Waals surface area contributed by atoms with Crippen molar-refractivity contribution in [2.45, 2.75) is 26.2 Å². The highest BCUT2D eigenvalue weighted by Gasteiger charge is 2.15. The van der Waals surface area contributed by atoms with Crippen molar-refractivity contribution in [2.75, 3.05) is 19.0 Å². The zero-order valence-corrected chi connectivity index (χ0v) is 15.6. The molecule has 0 heterocycles. The van der Waals surface area contributed by atoms with Crippen LogP contribution in [0.25, 0.3) is 0 Å². The normalized spacial score (nSPS) is 10.2. The second-order valence-corrected chi connectivity index (χ2v) is 5.80. The third-order valence-electron chi connectivity index (χ3n) is 3.75. The van der Waals surface area contributed by atoms with Crippen molar-refractivity contribution in [1.29, 1.82) is 0 Å². The number of anilines is 1. The SMILES string of the molecule is CCCCCOc1cc(NC(=O)Oc2ccc([N+](=O)[O-])cc2)c(F)cc1OC. The van der Waals surface area contributed by atoms with Crippen molar-refractivity contribution >= 4 is 17.5 Å². The molecule has 2 aromatic rings. The quantitative estimate of drug-likeness (QED) is 0.369. The van der Waals surface area contributed by atoms with Crippen LogP contribution in [0.1, 0.15) is 26.2 Å². The van der Waals surface area contributed by atoms with Gasteiger partial charge in [0, 0.05) is 24.3 Å². The first-order valence-electron chi connectivity index (χ1n) is 8.68. The van der Waals surface area contributed by atoms with Crippen molar-refractivity contribution in [3.8, 4) is 17.2 Å². The Labute approximate surface area is 161 Å². The van der Waals surface area contributed by atoms with Crippen LogP contribution in [-0.2, 0) is 0 Å². The van der Waals surface area contributed by atoms with Gasteiger partial charge in [0.1, 0.15) is 5.75 Å². The molecule has 2 rings (SSSR count). The lowest BCUT2D eigenvalue weighted by atomic mass is 10.2. The summed E-state index contributed by atoms with van der Waals surface area (Å²) >= 11 is 0. The number of nitrogens with zero attached hydrogens (tertiary/aromatic N) is 1. The van der Waals surface area contributed by atoms with E-state index in [-0.39, 0.29) is 22.9 Å². The Morgan fingerprint density at radius 2 is 1.89 bits per heavy atom. The predicted molar refractivity (Wildman–Crippen MR) is 101 cm³/mol. The van der Waals surface area contributed by atoms with Gasteiger partial charge in [0.2, 0.25) is 0 Å². The number of ether oxygens (including phenoxy) is 3. The first-order chi connectivity index (χ1) is 13.4. The number of nitro benzene ring substituents is 1. The Morgan fingerprint density at radius 3 is 2.50 bits per heavy atom. The second-order valence-electron chi connectivity index (χ2n) is 5.80. The number of halogens is 1. The van der Waals surface area contributed by atoms with E-state index in [9.17, 15) is 19.3 Å². The molecule has 0 radical (unpaired) electrons. The standard InChI is InChI=1S/C19H21FN2O6/c1-3-4-5-10-27-18-12-16(15(20)11-17(18)26-2)21-19(23)28-14-8-6-13(7-9-14)22(24)25/h6-9,11-12H,3-5,10H2,1-2H3,(H,21,23). The molecule has 150 valence electrons.